The van der Waals surface area contributed by atoms with Crippen molar-refractivity contribution in [1.82, 2.24) is 5.32 Å². The lowest BCUT2D eigenvalue weighted by atomic mass is 10.0. The Labute approximate surface area is 91.5 Å². The third kappa shape index (κ3) is 2.49. The second-order valence-corrected chi connectivity index (χ2v) is 4.14. The molecule has 1 nitrogen and oxygen atoms in total. The molecule has 1 atom stereocenters. The van der Waals surface area contributed by atoms with Gasteiger partial charge in [0.2, 0.25) is 0 Å². The number of aryl methyl sites for hydroxylation is 2. The van der Waals surface area contributed by atoms with Crippen LogP contribution in [0.15, 0.2) is 12.1 Å². The fraction of sp³-hybridized carbons (Fsp3) is 0.500. The van der Waals surface area contributed by atoms with Gasteiger partial charge in [0.05, 0.1) is 0 Å². The zero-order chi connectivity index (χ0) is 10.7. The van der Waals surface area contributed by atoms with Gasteiger partial charge in [0.25, 0.3) is 0 Å². The standard InChI is InChI=1S/C12H18ClN/c1-5-14-10(4)11-6-8(2)9(3)7-12(11)13/h6-7,10,14H,5H2,1-4H3. The highest BCUT2D eigenvalue weighted by Crippen LogP contribution is 2.26. The molecule has 0 aromatic heterocycles. The highest BCUT2D eigenvalue weighted by Gasteiger charge is 2.09. The Morgan fingerprint density at radius 2 is 1.86 bits per heavy atom. The van der Waals surface area contributed by atoms with Crippen molar-refractivity contribution < 1.29 is 0 Å². The average Bonchev–Trinajstić information content (AvgIpc) is 2.11. The van der Waals surface area contributed by atoms with E-state index in [4.69, 9.17) is 11.6 Å². The molecule has 0 aliphatic carbocycles. The molecule has 0 aliphatic rings. The van der Waals surface area contributed by atoms with Crippen molar-refractivity contribution in [1.29, 1.82) is 0 Å². The van der Waals surface area contributed by atoms with Gasteiger partial charge in [0.1, 0.15) is 0 Å². The number of hydrogen-bond acceptors (Lipinski definition) is 1. The highest BCUT2D eigenvalue weighted by molar-refractivity contribution is 6.31. The maximum atomic E-state index is 6.19. The zero-order valence-corrected chi connectivity index (χ0v) is 10.1. The second kappa shape index (κ2) is 4.81. The summed E-state index contributed by atoms with van der Waals surface area (Å²) in [6, 6.07) is 4.54. The molecule has 1 aromatic carbocycles. The van der Waals surface area contributed by atoms with E-state index in [0.29, 0.717) is 6.04 Å². The van der Waals surface area contributed by atoms with Crippen LogP contribution in [-0.4, -0.2) is 6.54 Å². The molecule has 0 heterocycles. The van der Waals surface area contributed by atoms with Crippen LogP contribution in [0.2, 0.25) is 5.02 Å². The van der Waals surface area contributed by atoms with Gasteiger partial charge in [-0.25, -0.2) is 0 Å². The predicted octanol–water partition coefficient (Wildman–Crippen LogP) is 3.63. The van der Waals surface area contributed by atoms with Gasteiger partial charge >= 0.3 is 0 Å². The molecule has 0 bridgehead atoms. The number of benzene rings is 1. The highest BCUT2D eigenvalue weighted by atomic mass is 35.5. The summed E-state index contributed by atoms with van der Waals surface area (Å²) in [6.07, 6.45) is 0. The summed E-state index contributed by atoms with van der Waals surface area (Å²) in [6.45, 7) is 9.41. The Morgan fingerprint density at radius 1 is 1.29 bits per heavy atom. The fourth-order valence-electron chi connectivity index (χ4n) is 1.55. The Kier molecular flexibility index (Phi) is 3.97. The lowest BCUT2D eigenvalue weighted by molar-refractivity contribution is 0.598. The largest absolute Gasteiger partial charge is 0.310 e. The van der Waals surface area contributed by atoms with Gasteiger partial charge in [-0.3, -0.25) is 0 Å². The summed E-state index contributed by atoms with van der Waals surface area (Å²) < 4.78 is 0. The van der Waals surface area contributed by atoms with E-state index in [1.807, 2.05) is 6.07 Å². The Morgan fingerprint density at radius 3 is 2.43 bits per heavy atom. The van der Waals surface area contributed by atoms with Crippen LogP contribution in [0.5, 0.6) is 0 Å². The molecule has 0 saturated heterocycles. The molecule has 0 aliphatic heterocycles. The van der Waals surface area contributed by atoms with Crippen LogP contribution in [0.3, 0.4) is 0 Å². The SMILES string of the molecule is CCNC(C)c1cc(C)c(C)cc1Cl. The molecule has 0 spiro atoms. The van der Waals surface area contributed by atoms with Crippen LogP contribution in [-0.2, 0) is 0 Å². The maximum absolute atomic E-state index is 6.19. The summed E-state index contributed by atoms with van der Waals surface area (Å²) in [7, 11) is 0. The monoisotopic (exact) mass is 211 g/mol. The van der Waals surface area contributed by atoms with E-state index in [-0.39, 0.29) is 0 Å². The van der Waals surface area contributed by atoms with Crippen molar-refractivity contribution >= 4 is 11.6 Å². The van der Waals surface area contributed by atoms with Crippen molar-refractivity contribution in [2.45, 2.75) is 33.7 Å². The van der Waals surface area contributed by atoms with Gasteiger partial charge < -0.3 is 5.32 Å². The summed E-state index contributed by atoms with van der Waals surface area (Å²) in [5.41, 5.74) is 3.74. The lowest BCUT2D eigenvalue weighted by Crippen LogP contribution is -2.18. The quantitative estimate of drug-likeness (QED) is 0.805. The molecule has 1 unspecified atom stereocenters. The first kappa shape index (κ1) is 11.5. The number of nitrogens with one attached hydrogen (secondary N) is 1. The minimum atomic E-state index is 0.326. The minimum absolute atomic E-state index is 0.326. The first-order valence-corrected chi connectivity index (χ1v) is 5.44. The van der Waals surface area contributed by atoms with E-state index in [1.54, 1.807) is 0 Å². The summed E-state index contributed by atoms with van der Waals surface area (Å²) >= 11 is 6.19. The predicted molar refractivity (Wildman–Crippen MR) is 63.0 cm³/mol. The van der Waals surface area contributed by atoms with Crippen LogP contribution in [0.4, 0.5) is 0 Å². The molecule has 0 amide bonds. The summed E-state index contributed by atoms with van der Waals surface area (Å²) in [5.74, 6) is 0. The molecule has 1 N–H and O–H groups in total. The number of halogens is 1. The Hall–Kier alpha value is -0.530. The van der Waals surface area contributed by atoms with Crippen LogP contribution in [0.1, 0.15) is 36.6 Å². The minimum Gasteiger partial charge on any atom is -0.310 e. The molecule has 0 radical (unpaired) electrons. The van der Waals surface area contributed by atoms with Crippen LogP contribution >= 0.6 is 11.6 Å². The average molecular weight is 212 g/mol. The third-order valence-corrected chi connectivity index (χ3v) is 2.92. The molecule has 78 valence electrons. The van der Waals surface area contributed by atoms with Crippen LogP contribution < -0.4 is 5.32 Å². The van der Waals surface area contributed by atoms with Gasteiger partial charge in [-0.1, -0.05) is 24.6 Å². The Bertz CT molecular complexity index is 320. The van der Waals surface area contributed by atoms with Crippen molar-refractivity contribution in [2.75, 3.05) is 6.54 Å². The smallest absolute Gasteiger partial charge is 0.0456 e. The van der Waals surface area contributed by atoms with E-state index >= 15 is 0 Å². The maximum Gasteiger partial charge on any atom is 0.0456 e. The van der Waals surface area contributed by atoms with Gasteiger partial charge in [-0.2, -0.15) is 0 Å². The molecule has 14 heavy (non-hydrogen) atoms. The topological polar surface area (TPSA) is 12.0 Å². The molecular weight excluding hydrogens is 194 g/mol. The van der Waals surface area contributed by atoms with E-state index < -0.39 is 0 Å². The van der Waals surface area contributed by atoms with Gasteiger partial charge in [-0.15, -0.1) is 0 Å². The van der Waals surface area contributed by atoms with Crippen LogP contribution in [0.25, 0.3) is 0 Å². The Balaban J connectivity index is 3.02. The van der Waals surface area contributed by atoms with Gasteiger partial charge in [0.15, 0.2) is 0 Å². The fourth-order valence-corrected chi connectivity index (χ4v) is 1.93. The molecule has 2 heteroatoms. The van der Waals surface area contributed by atoms with Crippen molar-refractivity contribution in [2.24, 2.45) is 0 Å². The van der Waals surface area contributed by atoms with Gasteiger partial charge in [0, 0.05) is 11.1 Å². The zero-order valence-electron chi connectivity index (χ0n) is 9.32. The normalized spacial score (nSPS) is 12.9. The van der Waals surface area contributed by atoms with Crippen molar-refractivity contribution in [3.05, 3.63) is 33.8 Å². The van der Waals surface area contributed by atoms with Gasteiger partial charge in [-0.05, 0) is 50.1 Å². The van der Waals surface area contributed by atoms with E-state index in [9.17, 15) is 0 Å². The molecular formula is C12H18ClN. The molecule has 0 saturated carbocycles. The molecule has 0 fully saturated rings. The van der Waals surface area contributed by atoms with E-state index in [1.165, 1.54) is 16.7 Å². The van der Waals surface area contributed by atoms with E-state index in [2.05, 4.69) is 39.1 Å². The first-order valence-electron chi connectivity index (χ1n) is 5.06. The first-order chi connectivity index (χ1) is 6.56. The lowest BCUT2D eigenvalue weighted by Gasteiger charge is -2.16. The van der Waals surface area contributed by atoms with Crippen molar-refractivity contribution in [3.8, 4) is 0 Å². The summed E-state index contributed by atoms with van der Waals surface area (Å²) in [4.78, 5) is 0. The molecule has 1 rings (SSSR count). The van der Waals surface area contributed by atoms with Crippen molar-refractivity contribution in [3.63, 3.8) is 0 Å². The summed E-state index contributed by atoms with van der Waals surface area (Å²) in [5, 5.41) is 4.23. The van der Waals surface area contributed by atoms with E-state index in [0.717, 1.165) is 11.6 Å². The third-order valence-electron chi connectivity index (χ3n) is 2.59. The number of hydrogen-bond donors (Lipinski definition) is 1. The molecule has 1 aromatic rings. The van der Waals surface area contributed by atoms with Crippen LogP contribution in [0, 0.1) is 13.8 Å². The second-order valence-electron chi connectivity index (χ2n) is 3.74. The number of rotatable bonds is 3.